The van der Waals surface area contributed by atoms with Gasteiger partial charge in [0, 0.05) is 6.54 Å². The first-order valence-electron chi connectivity index (χ1n) is 5.12. The van der Waals surface area contributed by atoms with Crippen LogP contribution >= 0.6 is 0 Å². The second-order valence-corrected chi connectivity index (χ2v) is 3.39. The molecule has 0 spiro atoms. The number of hydrogen-bond acceptors (Lipinski definition) is 2. The van der Waals surface area contributed by atoms with Gasteiger partial charge in [0.2, 0.25) is 0 Å². The van der Waals surface area contributed by atoms with E-state index in [1.807, 2.05) is 26.0 Å². The van der Waals surface area contributed by atoms with Gasteiger partial charge in [-0.2, -0.15) is 5.26 Å². The molecule has 0 heterocycles. The maximum atomic E-state index is 13.9. The predicted molar refractivity (Wildman–Crippen MR) is 57.8 cm³/mol. The van der Waals surface area contributed by atoms with E-state index in [9.17, 15) is 4.39 Å². The minimum atomic E-state index is -0.389. The third-order valence-electron chi connectivity index (χ3n) is 2.61. The van der Waals surface area contributed by atoms with E-state index in [4.69, 9.17) is 11.0 Å². The summed E-state index contributed by atoms with van der Waals surface area (Å²) in [6.45, 7) is 4.07. The molecule has 0 radical (unpaired) electrons. The molecule has 1 aromatic rings. The molecule has 0 amide bonds. The molecule has 0 saturated carbocycles. The van der Waals surface area contributed by atoms with E-state index in [1.54, 1.807) is 0 Å². The summed E-state index contributed by atoms with van der Waals surface area (Å²) in [5.74, 6) is -0.389. The molecule has 3 heteroatoms. The van der Waals surface area contributed by atoms with Crippen LogP contribution in [0.2, 0.25) is 0 Å². The molecule has 0 aliphatic rings. The summed E-state index contributed by atoms with van der Waals surface area (Å²) in [6.07, 6.45) is 1.37. The van der Waals surface area contributed by atoms with Crippen molar-refractivity contribution in [2.45, 2.75) is 33.2 Å². The number of halogens is 1. The molecule has 80 valence electrons. The fourth-order valence-corrected chi connectivity index (χ4v) is 1.78. The van der Waals surface area contributed by atoms with Crippen molar-refractivity contribution in [2.24, 2.45) is 5.73 Å². The molecule has 0 aliphatic heterocycles. The van der Waals surface area contributed by atoms with Crippen molar-refractivity contribution < 1.29 is 4.39 Å². The minimum Gasteiger partial charge on any atom is -0.326 e. The Kier molecular flexibility index (Phi) is 3.81. The summed E-state index contributed by atoms with van der Waals surface area (Å²) in [4.78, 5) is 0. The van der Waals surface area contributed by atoms with Crippen molar-refractivity contribution in [2.75, 3.05) is 0 Å². The third-order valence-corrected chi connectivity index (χ3v) is 2.61. The van der Waals surface area contributed by atoms with Gasteiger partial charge in [0.05, 0.1) is 5.56 Å². The van der Waals surface area contributed by atoms with Crippen LogP contribution in [-0.4, -0.2) is 0 Å². The van der Waals surface area contributed by atoms with E-state index < -0.39 is 0 Å². The number of aryl methyl sites for hydroxylation is 1. The summed E-state index contributed by atoms with van der Waals surface area (Å²) in [5, 5.41) is 8.87. The summed E-state index contributed by atoms with van der Waals surface area (Å²) in [6, 6.07) is 3.73. The lowest BCUT2D eigenvalue weighted by atomic mass is 9.95. The first-order valence-corrected chi connectivity index (χ1v) is 5.12. The lowest BCUT2D eigenvalue weighted by molar-refractivity contribution is 0.602. The van der Waals surface area contributed by atoms with Crippen LogP contribution in [0.5, 0.6) is 0 Å². The summed E-state index contributed by atoms with van der Waals surface area (Å²) in [7, 11) is 0. The highest BCUT2D eigenvalue weighted by atomic mass is 19.1. The number of benzene rings is 1. The lowest BCUT2D eigenvalue weighted by Gasteiger charge is -2.11. The van der Waals surface area contributed by atoms with E-state index in [1.165, 1.54) is 0 Å². The van der Waals surface area contributed by atoms with Crippen LogP contribution in [0.3, 0.4) is 0 Å². The van der Waals surface area contributed by atoms with E-state index in [2.05, 4.69) is 0 Å². The van der Waals surface area contributed by atoms with E-state index >= 15 is 0 Å². The lowest BCUT2D eigenvalue weighted by Crippen LogP contribution is -2.07. The Morgan fingerprint density at radius 2 is 2.00 bits per heavy atom. The molecule has 0 aliphatic carbocycles. The van der Waals surface area contributed by atoms with Gasteiger partial charge in [-0.25, -0.2) is 4.39 Å². The molecule has 1 aromatic carbocycles. The maximum absolute atomic E-state index is 13.9. The topological polar surface area (TPSA) is 49.8 Å². The Labute approximate surface area is 89.5 Å². The number of hydrogen-bond donors (Lipinski definition) is 1. The van der Waals surface area contributed by atoms with Gasteiger partial charge in [-0.3, -0.25) is 0 Å². The Morgan fingerprint density at radius 3 is 2.40 bits per heavy atom. The van der Waals surface area contributed by atoms with Crippen molar-refractivity contribution in [3.05, 3.63) is 34.1 Å². The summed E-state index contributed by atoms with van der Waals surface area (Å²) >= 11 is 0. The average Bonchev–Trinajstić information content (AvgIpc) is 2.27. The highest BCUT2D eigenvalue weighted by Gasteiger charge is 2.15. The van der Waals surface area contributed by atoms with Crippen molar-refractivity contribution in [3.8, 4) is 6.07 Å². The van der Waals surface area contributed by atoms with Crippen LogP contribution in [-0.2, 0) is 19.4 Å². The largest absolute Gasteiger partial charge is 0.326 e. The van der Waals surface area contributed by atoms with Crippen LogP contribution in [0.4, 0.5) is 4.39 Å². The van der Waals surface area contributed by atoms with Crippen molar-refractivity contribution in [1.82, 2.24) is 0 Å². The molecule has 0 bridgehead atoms. The Bertz CT molecular complexity index is 405. The maximum Gasteiger partial charge on any atom is 0.144 e. The van der Waals surface area contributed by atoms with Crippen molar-refractivity contribution >= 4 is 0 Å². The molecule has 1 rings (SSSR count). The monoisotopic (exact) mass is 206 g/mol. The fraction of sp³-hybridized carbons (Fsp3) is 0.417. The molecular weight excluding hydrogens is 191 g/mol. The molecule has 15 heavy (non-hydrogen) atoms. The first kappa shape index (κ1) is 11.7. The van der Waals surface area contributed by atoms with Crippen molar-refractivity contribution in [3.63, 3.8) is 0 Å². The Morgan fingerprint density at radius 1 is 1.33 bits per heavy atom. The van der Waals surface area contributed by atoms with Gasteiger partial charge >= 0.3 is 0 Å². The second-order valence-electron chi connectivity index (χ2n) is 3.39. The van der Waals surface area contributed by atoms with Gasteiger partial charge < -0.3 is 5.73 Å². The zero-order chi connectivity index (χ0) is 11.4. The number of nitrogens with zero attached hydrogens (tertiary/aromatic N) is 1. The predicted octanol–water partition coefficient (Wildman–Crippen LogP) is 2.28. The van der Waals surface area contributed by atoms with Crippen LogP contribution < -0.4 is 5.73 Å². The van der Waals surface area contributed by atoms with Gasteiger partial charge in [0.25, 0.3) is 0 Å². The van der Waals surface area contributed by atoms with Gasteiger partial charge in [-0.05, 0) is 29.5 Å². The van der Waals surface area contributed by atoms with Gasteiger partial charge in [0.1, 0.15) is 11.9 Å². The fourth-order valence-electron chi connectivity index (χ4n) is 1.78. The average molecular weight is 206 g/mol. The quantitative estimate of drug-likeness (QED) is 0.824. The van der Waals surface area contributed by atoms with Crippen LogP contribution in [0, 0.1) is 17.1 Å². The standard InChI is InChI=1S/C12H15FN2/c1-3-8-5-9(6-14)11(7-15)12(13)10(8)4-2/h5H,3-4,6,14H2,1-2H3. The zero-order valence-corrected chi connectivity index (χ0v) is 9.10. The summed E-state index contributed by atoms with van der Waals surface area (Å²) < 4.78 is 13.9. The van der Waals surface area contributed by atoms with Crippen LogP contribution in [0.25, 0.3) is 0 Å². The third kappa shape index (κ3) is 2.00. The number of rotatable bonds is 3. The minimum absolute atomic E-state index is 0.103. The van der Waals surface area contributed by atoms with Gasteiger partial charge in [-0.15, -0.1) is 0 Å². The van der Waals surface area contributed by atoms with Crippen molar-refractivity contribution in [1.29, 1.82) is 5.26 Å². The van der Waals surface area contributed by atoms with Gasteiger partial charge in [0.15, 0.2) is 0 Å². The number of nitrogens with two attached hydrogens (primary N) is 1. The summed E-state index contributed by atoms with van der Waals surface area (Å²) in [5.41, 5.74) is 7.79. The molecule has 0 unspecified atom stereocenters. The highest BCUT2D eigenvalue weighted by Crippen LogP contribution is 2.22. The molecular formula is C12H15FN2. The van der Waals surface area contributed by atoms with Crippen LogP contribution in [0.1, 0.15) is 36.1 Å². The number of nitriles is 1. The Balaban J connectivity index is 3.50. The smallest absolute Gasteiger partial charge is 0.144 e. The molecule has 0 atom stereocenters. The molecule has 0 saturated heterocycles. The molecule has 2 nitrogen and oxygen atoms in total. The first-order chi connectivity index (χ1) is 7.19. The van der Waals surface area contributed by atoms with E-state index in [0.717, 1.165) is 12.0 Å². The molecule has 0 aromatic heterocycles. The van der Waals surface area contributed by atoms with Gasteiger partial charge in [-0.1, -0.05) is 19.9 Å². The van der Waals surface area contributed by atoms with Crippen LogP contribution in [0.15, 0.2) is 6.07 Å². The second kappa shape index (κ2) is 4.90. The molecule has 2 N–H and O–H groups in total. The molecule has 0 fully saturated rings. The normalized spacial score (nSPS) is 10.1. The van der Waals surface area contributed by atoms with E-state index in [0.29, 0.717) is 17.5 Å². The highest BCUT2D eigenvalue weighted by molar-refractivity contribution is 5.46. The Hall–Kier alpha value is -1.40. The SMILES string of the molecule is CCc1cc(CN)c(C#N)c(F)c1CC. The van der Waals surface area contributed by atoms with E-state index in [-0.39, 0.29) is 17.9 Å². The zero-order valence-electron chi connectivity index (χ0n) is 9.10.